The van der Waals surface area contributed by atoms with Crippen LogP contribution in [0.15, 0.2) is 71.9 Å². The molecule has 2 aromatic carbocycles. The molecule has 3 heterocycles. The second-order valence-corrected chi connectivity index (χ2v) is 7.95. The average Bonchev–Trinajstić information content (AvgIpc) is 3.38. The highest BCUT2D eigenvalue weighted by Gasteiger charge is 2.12. The van der Waals surface area contributed by atoms with E-state index in [-0.39, 0.29) is 18.3 Å². The summed E-state index contributed by atoms with van der Waals surface area (Å²) in [6.07, 6.45) is 6.08. The second-order valence-electron chi connectivity index (χ2n) is 7.95. The summed E-state index contributed by atoms with van der Waals surface area (Å²) in [5.41, 5.74) is 11.4. The lowest BCUT2D eigenvalue weighted by Crippen LogP contribution is -2.30. The van der Waals surface area contributed by atoms with Crippen LogP contribution in [0.25, 0.3) is 33.1 Å². The molecule has 1 atom stereocenters. The van der Waals surface area contributed by atoms with Crippen LogP contribution in [0, 0.1) is 11.3 Å². The van der Waals surface area contributed by atoms with Gasteiger partial charge in [0, 0.05) is 34.9 Å². The van der Waals surface area contributed by atoms with Crippen molar-refractivity contribution in [2.75, 3.05) is 6.61 Å². The van der Waals surface area contributed by atoms with Gasteiger partial charge in [-0.1, -0.05) is 24.3 Å². The number of hydrogen-bond acceptors (Lipinski definition) is 5. The Morgan fingerprint density at radius 1 is 1.12 bits per heavy atom. The maximum Gasteiger partial charge on any atom is 0.327 e. The molecule has 0 saturated carbocycles. The molecule has 0 radical (unpaired) electrons. The van der Waals surface area contributed by atoms with Gasteiger partial charge in [0.15, 0.2) is 0 Å². The monoisotopic (exact) mass is 438 g/mol. The zero-order valence-electron chi connectivity index (χ0n) is 17.8. The zero-order chi connectivity index (χ0) is 22.8. The summed E-state index contributed by atoms with van der Waals surface area (Å²) in [6, 6.07) is 17.5. The Kier molecular flexibility index (Phi) is 5.39. The minimum atomic E-state index is -0.303. The first kappa shape index (κ1) is 20.5. The van der Waals surface area contributed by atoms with Crippen LogP contribution in [0.3, 0.4) is 0 Å². The summed E-state index contributed by atoms with van der Waals surface area (Å²) in [5, 5.41) is 10.2. The highest BCUT2D eigenvalue weighted by atomic mass is 16.5. The van der Waals surface area contributed by atoms with Crippen molar-refractivity contribution in [2.24, 2.45) is 5.73 Å². The Morgan fingerprint density at radius 2 is 2.00 bits per heavy atom. The van der Waals surface area contributed by atoms with Crippen LogP contribution in [-0.2, 0) is 13.0 Å². The maximum absolute atomic E-state index is 12.1. The van der Waals surface area contributed by atoms with Gasteiger partial charge >= 0.3 is 5.69 Å². The number of aromatic amines is 2. The predicted octanol–water partition coefficient (Wildman–Crippen LogP) is 3.35. The van der Waals surface area contributed by atoms with E-state index >= 15 is 0 Å². The third-order valence-electron chi connectivity index (χ3n) is 5.67. The summed E-state index contributed by atoms with van der Waals surface area (Å²) in [5.74, 6) is 0.616. The van der Waals surface area contributed by atoms with Gasteiger partial charge in [0.1, 0.15) is 18.9 Å². The van der Waals surface area contributed by atoms with Crippen LogP contribution >= 0.6 is 0 Å². The van der Waals surface area contributed by atoms with E-state index in [0.29, 0.717) is 29.8 Å². The number of fused-ring (bicyclic) bond motifs is 2. The number of nitrogens with two attached hydrogens (primary N) is 1. The molecule has 0 bridgehead atoms. The fourth-order valence-corrected chi connectivity index (χ4v) is 4.06. The molecule has 0 saturated heterocycles. The molecule has 0 fully saturated rings. The van der Waals surface area contributed by atoms with Crippen LogP contribution in [0.5, 0.6) is 5.75 Å². The number of rotatable bonds is 7. The van der Waals surface area contributed by atoms with Crippen LogP contribution in [0.1, 0.15) is 5.56 Å². The first-order valence-corrected chi connectivity index (χ1v) is 10.6. The molecular weight excluding hydrogens is 416 g/mol. The number of benzene rings is 2. The zero-order valence-corrected chi connectivity index (χ0v) is 17.8. The van der Waals surface area contributed by atoms with Gasteiger partial charge in [0.05, 0.1) is 23.3 Å². The number of aromatic nitrogens is 4. The third-order valence-corrected chi connectivity index (χ3v) is 5.67. The average molecular weight is 438 g/mol. The lowest BCUT2D eigenvalue weighted by atomic mass is 10.1. The van der Waals surface area contributed by atoms with Crippen LogP contribution in [0.4, 0.5) is 0 Å². The van der Waals surface area contributed by atoms with Crippen molar-refractivity contribution in [3.63, 3.8) is 0 Å². The number of pyridine rings is 1. The normalized spacial score (nSPS) is 12.1. The Bertz CT molecular complexity index is 1540. The Hall–Kier alpha value is -4.35. The summed E-state index contributed by atoms with van der Waals surface area (Å²) in [6.45, 7) is 0.335. The number of H-pyrrole nitrogens is 2. The minimum absolute atomic E-state index is 0.0159. The van der Waals surface area contributed by atoms with Crippen molar-refractivity contribution < 1.29 is 4.74 Å². The van der Waals surface area contributed by atoms with Gasteiger partial charge in [-0.2, -0.15) is 5.26 Å². The van der Waals surface area contributed by atoms with Gasteiger partial charge in [-0.15, -0.1) is 0 Å². The van der Waals surface area contributed by atoms with Crippen LogP contribution in [-0.4, -0.2) is 32.2 Å². The number of para-hydroxylation sites is 1. The molecule has 8 nitrogen and oxygen atoms in total. The first-order valence-electron chi connectivity index (χ1n) is 10.6. The molecule has 0 amide bonds. The van der Waals surface area contributed by atoms with Gasteiger partial charge in [0.25, 0.3) is 0 Å². The lowest BCUT2D eigenvalue weighted by molar-refractivity contribution is 0.287. The first-order chi connectivity index (χ1) is 16.1. The fourth-order valence-electron chi connectivity index (χ4n) is 4.06. The third kappa shape index (κ3) is 4.10. The van der Waals surface area contributed by atoms with Crippen LogP contribution < -0.4 is 16.2 Å². The van der Waals surface area contributed by atoms with Gasteiger partial charge in [-0.25, -0.2) is 4.79 Å². The molecule has 0 aliphatic rings. The molecule has 164 valence electrons. The van der Waals surface area contributed by atoms with E-state index in [1.807, 2.05) is 54.7 Å². The van der Waals surface area contributed by atoms with Crippen LogP contribution in [0.2, 0.25) is 0 Å². The van der Waals surface area contributed by atoms with Gasteiger partial charge < -0.3 is 20.4 Å². The summed E-state index contributed by atoms with van der Waals surface area (Å²) >= 11 is 0. The summed E-state index contributed by atoms with van der Waals surface area (Å²) in [4.78, 5) is 22.4. The fraction of sp³-hybridized carbons (Fsp3) is 0.160. The molecule has 33 heavy (non-hydrogen) atoms. The molecule has 3 aromatic heterocycles. The highest BCUT2D eigenvalue weighted by Crippen LogP contribution is 2.26. The number of nitrogens with zero attached hydrogens (tertiary/aromatic N) is 3. The quantitative estimate of drug-likeness (QED) is 0.359. The number of imidazole rings is 1. The largest absolute Gasteiger partial charge is 0.490 e. The molecule has 5 aromatic rings. The van der Waals surface area contributed by atoms with E-state index in [1.54, 1.807) is 12.4 Å². The molecule has 0 spiro atoms. The number of ether oxygens (including phenoxy) is 1. The molecule has 0 aliphatic heterocycles. The van der Waals surface area contributed by atoms with Crippen molar-refractivity contribution in [3.8, 4) is 22.9 Å². The van der Waals surface area contributed by atoms with Gasteiger partial charge in [-0.3, -0.25) is 9.55 Å². The molecule has 8 heteroatoms. The van der Waals surface area contributed by atoms with E-state index in [2.05, 4.69) is 21.0 Å². The Morgan fingerprint density at radius 3 is 2.88 bits per heavy atom. The smallest absolute Gasteiger partial charge is 0.327 e. The van der Waals surface area contributed by atoms with Crippen molar-refractivity contribution in [3.05, 3.63) is 83.2 Å². The molecule has 0 unspecified atom stereocenters. The van der Waals surface area contributed by atoms with E-state index in [0.717, 1.165) is 22.2 Å². The van der Waals surface area contributed by atoms with Crippen molar-refractivity contribution in [2.45, 2.75) is 19.0 Å². The lowest BCUT2D eigenvalue weighted by Gasteiger charge is -2.13. The number of hydrogen-bond donors (Lipinski definition) is 3. The van der Waals surface area contributed by atoms with Gasteiger partial charge in [-0.05, 0) is 41.8 Å². The maximum atomic E-state index is 12.1. The SMILES string of the molecule is N#CCn1c(=O)[nH]c2ccc(-c3cncc(OC[C@@H](N)Cc4c[nH]c5ccccc45)c3)cc21. The number of nitriles is 1. The van der Waals surface area contributed by atoms with E-state index < -0.39 is 0 Å². The Balaban J connectivity index is 1.31. The molecule has 4 N–H and O–H groups in total. The van der Waals surface area contributed by atoms with E-state index in [9.17, 15) is 4.79 Å². The minimum Gasteiger partial charge on any atom is -0.490 e. The standard InChI is InChI=1S/C25H22N6O2/c26-7-8-31-24-11-16(5-6-23(24)30-25(31)32)17-10-20(14-28-12-17)33-15-19(27)9-18-13-29-22-4-2-1-3-21(18)22/h1-6,10-14,19,29H,8-9,15,27H2,(H,30,32)/t19-/m0/s1. The summed E-state index contributed by atoms with van der Waals surface area (Å²) < 4.78 is 7.36. The predicted molar refractivity (Wildman–Crippen MR) is 127 cm³/mol. The van der Waals surface area contributed by atoms with E-state index in [1.165, 1.54) is 9.95 Å². The van der Waals surface area contributed by atoms with Crippen molar-refractivity contribution in [1.82, 2.24) is 19.5 Å². The topological polar surface area (TPSA) is 126 Å². The Labute approximate surface area is 189 Å². The summed E-state index contributed by atoms with van der Waals surface area (Å²) in [7, 11) is 0. The van der Waals surface area contributed by atoms with Crippen molar-refractivity contribution in [1.29, 1.82) is 5.26 Å². The molecule has 5 rings (SSSR count). The van der Waals surface area contributed by atoms with Gasteiger partial charge in [0.2, 0.25) is 0 Å². The molecular formula is C25H22N6O2. The highest BCUT2D eigenvalue weighted by molar-refractivity contribution is 5.83. The molecule has 0 aliphatic carbocycles. The van der Waals surface area contributed by atoms with Crippen molar-refractivity contribution >= 4 is 21.9 Å². The second kappa shape index (κ2) is 8.65. The number of nitrogens with one attached hydrogen (secondary N) is 2. The van der Waals surface area contributed by atoms with E-state index in [4.69, 9.17) is 15.7 Å².